The van der Waals surface area contributed by atoms with Gasteiger partial charge in [0, 0.05) is 23.4 Å². The van der Waals surface area contributed by atoms with Gasteiger partial charge in [0.25, 0.3) is 15.9 Å². The average molecular weight is 548 g/mol. The Morgan fingerprint density at radius 1 is 1.00 bits per heavy atom. The van der Waals surface area contributed by atoms with Gasteiger partial charge in [-0.15, -0.1) is 0 Å². The van der Waals surface area contributed by atoms with Gasteiger partial charge >= 0.3 is 0 Å². The minimum Gasteiger partial charge on any atom is -0.496 e. The summed E-state index contributed by atoms with van der Waals surface area (Å²) in [7, 11) is -2.22. The number of nitrogens with zero attached hydrogens (tertiary/aromatic N) is 1. The fraction of sp³-hybridized carbons (Fsp3) is 0.269. The van der Waals surface area contributed by atoms with E-state index < -0.39 is 10.0 Å². The molecule has 0 saturated carbocycles. The van der Waals surface area contributed by atoms with Crippen molar-refractivity contribution in [1.29, 1.82) is 0 Å². The molecule has 7 nitrogen and oxygen atoms in total. The fourth-order valence-electron chi connectivity index (χ4n) is 4.27. The van der Waals surface area contributed by atoms with Crippen molar-refractivity contribution in [2.24, 2.45) is 0 Å². The van der Waals surface area contributed by atoms with Crippen molar-refractivity contribution in [3.05, 3.63) is 87.9 Å². The number of para-hydroxylation sites is 1. The number of halogens is 2. The third-order valence-corrected chi connectivity index (χ3v) is 8.25. The Morgan fingerprint density at radius 2 is 1.69 bits per heavy atom. The second-order valence-corrected chi connectivity index (χ2v) is 11.0. The van der Waals surface area contributed by atoms with Gasteiger partial charge in [-0.25, -0.2) is 8.42 Å². The number of nitrogens with one attached hydrogen (secondary N) is 2. The Balaban J connectivity index is 1.43. The Hall–Kier alpha value is -2.78. The number of carbonyl (C=O) groups is 1. The van der Waals surface area contributed by atoms with Crippen LogP contribution in [0.2, 0.25) is 10.0 Å². The molecule has 3 aromatic carbocycles. The summed E-state index contributed by atoms with van der Waals surface area (Å²) in [5, 5.41) is 3.44. The van der Waals surface area contributed by atoms with E-state index >= 15 is 0 Å². The fourth-order valence-corrected chi connectivity index (χ4v) is 5.72. The molecule has 36 heavy (non-hydrogen) atoms. The van der Waals surface area contributed by atoms with E-state index in [1.54, 1.807) is 31.4 Å². The van der Waals surface area contributed by atoms with Crippen molar-refractivity contribution in [2.75, 3.05) is 31.5 Å². The summed E-state index contributed by atoms with van der Waals surface area (Å²) in [4.78, 5) is 15.3. The predicted molar refractivity (Wildman–Crippen MR) is 143 cm³/mol. The quantitative estimate of drug-likeness (QED) is 0.376. The molecule has 3 aromatic rings. The van der Waals surface area contributed by atoms with Gasteiger partial charge in [-0.2, -0.15) is 0 Å². The van der Waals surface area contributed by atoms with E-state index in [4.69, 9.17) is 27.9 Å². The Morgan fingerprint density at radius 3 is 2.36 bits per heavy atom. The highest BCUT2D eigenvalue weighted by molar-refractivity contribution is 7.92. The van der Waals surface area contributed by atoms with Crippen molar-refractivity contribution in [2.45, 2.75) is 23.8 Å². The van der Waals surface area contributed by atoms with Gasteiger partial charge in [-0.1, -0.05) is 41.4 Å². The molecule has 2 N–H and O–H groups in total. The zero-order valence-electron chi connectivity index (χ0n) is 19.7. The first-order valence-corrected chi connectivity index (χ1v) is 13.8. The van der Waals surface area contributed by atoms with Crippen LogP contribution in [0, 0.1) is 0 Å². The maximum Gasteiger partial charge on any atom is 0.261 e. The van der Waals surface area contributed by atoms with E-state index in [2.05, 4.69) is 14.9 Å². The summed E-state index contributed by atoms with van der Waals surface area (Å²) in [5.74, 6) is 0.551. The Bertz CT molecular complexity index is 1330. The molecule has 4 rings (SSSR count). The lowest BCUT2D eigenvalue weighted by Gasteiger charge is -2.29. The van der Waals surface area contributed by atoms with Crippen LogP contribution in [-0.2, 0) is 10.0 Å². The number of benzene rings is 3. The molecule has 1 fully saturated rings. The largest absolute Gasteiger partial charge is 0.496 e. The van der Waals surface area contributed by atoms with Crippen LogP contribution in [0.5, 0.6) is 5.75 Å². The zero-order chi connectivity index (χ0) is 25.7. The number of ether oxygens (including phenoxy) is 1. The van der Waals surface area contributed by atoms with E-state index in [1.165, 1.54) is 18.2 Å². The summed E-state index contributed by atoms with van der Waals surface area (Å²) in [5.41, 5.74) is 1.78. The molecule has 190 valence electrons. The van der Waals surface area contributed by atoms with Gasteiger partial charge in [0.1, 0.15) is 5.75 Å². The first kappa shape index (κ1) is 26.3. The van der Waals surface area contributed by atoms with Crippen molar-refractivity contribution in [3.63, 3.8) is 0 Å². The molecule has 0 aliphatic carbocycles. The summed E-state index contributed by atoms with van der Waals surface area (Å²) >= 11 is 11.8. The minimum atomic E-state index is -3.86. The van der Waals surface area contributed by atoms with Gasteiger partial charge < -0.3 is 10.1 Å². The van der Waals surface area contributed by atoms with E-state index in [9.17, 15) is 13.2 Å². The number of amides is 1. The van der Waals surface area contributed by atoms with Crippen LogP contribution in [0.25, 0.3) is 0 Å². The third-order valence-electron chi connectivity index (χ3n) is 6.14. The lowest BCUT2D eigenvalue weighted by atomic mass is 10.0. The molecule has 1 unspecified atom stereocenters. The molecule has 1 atom stereocenters. The van der Waals surface area contributed by atoms with Crippen molar-refractivity contribution in [3.8, 4) is 5.75 Å². The molecule has 1 heterocycles. The summed E-state index contributed by atoms with van der Waals surface area (Å²) in [6.07, 6.45) is 2.25. The zero-order valence-corrected chi connectivity index (χ0v) is 22.0. The number of carbonyl (C=O) groups excluding carboxylic acids is 1. The molecule has 0 spiro atoms. The average Bonchev–Trinajstić information content (AvgIpc) is 3.41. The standard InChI is InChI=1S/C26H27Cl2N3O4S/c1-35-25-7-3-2-6-21(25)24(31-14-4-5-15-31)17-29-26(32)18-8-10-19(11-9-18)30-36(33,34)20-12-13-22(27)23(28)16-20/h2-3,6-13,16,24,30H,4-5,14-15,17H2,1H3,(H,29,32). The number of hydrogen-bond acceptors (Lipinski definition) is 5. The monoisotopic (exact) mass is 547 g/mol. The third kappa shape index (κ3) is 6.13. The van der Waals surface area contributed by atoms with E-state index in [-0.39, 0.29) is 26.9 Å². The van der Waals surface area contributed by atoms with Crippen molar-refractivity contribution < 1.29 is 17.9 Å². The summed E-state index contributed by atoms with van der Waals surface area (Å²) in [6, 6.07) is 18.2. The van der Waals surface area contributed by atoms with Gasteiger partial charge in [-0.3, -0.25) is 14.4 Å². The maximum absolute atomic E-state index is 12.9. The summed E-state index contributed by atoms with van der Waals surface area (Å²) < 4.78 is 33.4. The molecule has 1 aliphatic rings. The topological polar surface area (TPSA) is 87.7 Å². The van der Waals surface area contributed by atoms with Crippen LogP contribution < -0.4 is 14.8 Å². The SMILES string of the molecule is COc1ccccc1C(CNC(=O)c1ccc(NS(=O)(=O)c2ccc(Cl)c(Cl)c2)cc1)N1CCCC1. The molecule has 0 bridgehead atoms. The van der Waals surface area contributed by atoms with E-state index in [1.807, 2.05) is 24.3 Å². The number of likely N-dealkylation sites (tertiary alicyclic amines) is 1. The molecule has 1 saturated heterocycles. The van der Waals surface area contributed by atoms with Crippen LogP contribution in [0.3, 0.4) is 0 Å². The smallest absolute Gasteiger partial charge is 0.261 e. The van der Waals surface area contributed by atoms with Crippen molar-refractivity contribution in [1.82, 2.24) is 10.2 Å². The molecule has 0 radical (unpaired) electrons. The molecular formula is C26H27Cl2N3O4S. The lowest BCUT2D eigenvalue weighted by molar-refractivity contribution is 0.0937. The van der Waals surface area contributed by atoms with Crippen LogP contribution in [-0.4, -0.2) is 46.0 Å². The highest BCUT2D eigenvalue weighted by Crippen LogP contribution is 2.31. The maximum atomic E-state index is 12.9. The van der Waals surface area contributed by atoms with Crippen LogP contribution in [0.15, 0.2) is 71.6 Å². The second-order valence-electron chi connectivity index (χ2n) is 8.47. The van der Waals surface area contributed by atoms with E-state index in [0.29, 0.717) is 17.8 Å². The summed E-state index contributed by atoms with van der Waals surface area (Å²) in [6.45, 7) is 2.35. The Kier molecular flexibility index (Phi) is 8.41. The number of rotatable bonds is 9. The first-order valence-electron chi connectivity index (χ1n) is 11.5. The minimum absolute atomic E-state index is 0.00937. The molecular weight excluding hydrogens is 521 g/mol. The predicted octanol–water partition coefficient (Wildman–Crippen LogP) is 5.37. The number of hydrogen-bond donors (Lipinski definition) is 2. The van der Waals surface area contributed by atoms with Crippen molar-refractivity contribution >= 4 is 44.8 Å². The number of anilines is 1. The number of sulfonamides is 1. The van der Waals surface area contributed by atoms with Gasteiger partial charge in [0.2, 0.25) is 0 Å². The van der Waals surface area contributed by atoms with Crippen LogP contribution in [0.4, 0.5) is 5.69 Å². The van der Waals surface area contributed by atoms with Gasteiger partial charge in [0.15, 0.2) is 0 Å². The van der Waals surface area contributed by atoms with Crippen LogP contribution in [0.1, 0.15) is 34.8 Å². The number of methoxy groups -OCH3 is 1. The lowest BCUT2D eigenvalue weighted by Crippen LogP contribution is -2.37. The molecule has 1 aliphatic heterocycles. The Labute approximate surface area is 221 Å². The first-order chi connectivity index (χ1) is 17.3. The second kappa shape index (κ2) is 11.5. The van der Waals surface area contributed by atoms with Crippen LogP contribution >= 0.6 is 23.2 Å². The highest BCUT2D eigenvalue weighted by atomic mass is 35.5. The van der Waals surface area contributed by atoms with E-state index in [0.717, 1.165) is 37.2 Å². The normalized spacial score (nSPS) is 14.9. The highest BCUT2D eigenvalue weighted by Gasteiger charge is 2.26. The van der Waals surface area contributed by atoms with Gasteiger partial charge in [0.05, 0.1) is 28.1 Å². The molecule has 1 amide bonds. The van der Waals surface area contributed by atoms with Gasteiger partial charge in [-0.05, 0) is 74.5 Å². The molecule has 0 aromatic heterocycles. The molecule has 10 heteroatoms.